The van der Waals surface area contributed by atoms with Gasteiger partial charge in [0.05, 0.1) is 43.7 Å². The van der Waals surface area contributed by atoms with Gasteiger partial charge in [-0.2, -0.15) is 5.10 Å². The molecule has 1 N–H and O–H groups in total. The standard InChI is InChI=1S/C20H23N5O4/c1-12-9-15(23-7-8-24(11-23)20(26)27)19-21-13(2)18(25(19)22-12)14-5-6-16(28-3)17(10-14)29-4/h5-6,9-10H,7-8,11H2,1-4H3,(H,26,27). The third-order valence-electron chi connectivity index (χ3n) is 5.11. The van der Waals surface area contributed by atoms with Crippen LogP contribution in [0.25, 0.3) is 16.9 Å². The first-order chi connectivity index (χ1) is 13.9. The Morgan fingerprint density at radius 3 is 2.52 bits per heavy atom. The Labute approximate surface area is 168 Å². The average Bonchev–Trinajstić information content (AvgIpc) is 3.31. The van der Waals surface area contributed by atoms with Crippen molar-refractivity contribution in [3.63, 3.8) is 0 Å². The number of aromatic nitrogens is 3. The fraction of sp³-hybridized carbons (Fsp3) is 0.350. The van der Waals surface area contributed by atoms with Crippen molar-refractivity contribution in [1.29, 1.82) is 0 Å². The van der Waals surface area contributed by atoms with Crippen molar-refractivity contribution in [2.75, 3.05) is 38.9 Å². The fourth-order valence-corrected chi connectivity index (χ4v) is 3.72. The highest BCUT2D eigenvalue weighted by Crippen LogP contribution is 2.35. The number of amides is 1. The van der Waals surface area contributed by atoms with E-state index in [0.717, 1.165) is 28.3 Å². The second-order valence-electron chi connectivity index (χ2n) is 6.97. The van der Waals surface area contributed by atoms with Crippen molar-refractivity contribution in [3.8, 4) is 22.8 Å². The molecule has 1 fully saturated rings. The summed E-state index contributed by atoms with van der Waals surface area (Å²) in [7, 11) is 3.20. The van der Waals surface area contributed by atoms with E-state index < -0.39 is 6.09 Å². The van der Waals surface area contributed by atoms with Crippen LogP contribution in [-0.2, 0) is 0 Å². The fourth-order valence-electron chi connectivity index (χ4n) is 3.72. The molecule has 1 aromatic carbocycles. The van der Waals surface area contributed by atoms with Crippen LogP contribution < -0.4 is 14.4 Å². The number of ether oxygens (including phenoxy) is 2. The van der Waals surface area contributed by atoms with E-state index in [0.29, 0.717) is 36.9 Å². The van der Waals surface area contributed by atoms with Crippen LogP contribution in [0.3, 0.4) is 0 Å². The highest BCUT2D eigenvalue weighted by molar-refractivity contribution is 5.77. The molecule has 29 heavy (non-hydrogen) atoms. The minimum absolute atomic E-state index is 0.312. The Morgan fingerprint density at radius 2 is 1.86 bits per heavy atom. The number of imidazole rings is 1. The largest absolute Gasteiger partial charge is 0.493 e. The zero-order valence-corrected chi connectivity index (χ0v) is 16.8. The molecule has 4 rings (SSSR count). The maximum atomic E-state index is 11.3. The third-order valence-corrected chi connectivity index (χ3v) is 5.11. The van der Waals surface area contributed by atoms with Crippen LogP contribution in [0.15, 0.2) is 24.3 Å². The van der Waals surface area contributed by atoms with Gasteiger partial charge in [-0.15, -0.1) is 0 Å². The van der Waals surface area contributed by atoms with Gasteiger partial charge in [0.15, 0.2) is 17.1 Å². The first kappa shape index (κ1) is 18.9. The Kier molecular flexibility index (Phi) is 4.65. The molecule has 0 saturated carbocycles. The average molecular weight is 397 g/mol. The molecular weight excluding hydrogens is 374 g/mol. The van der Waals surface area contributed by atoms with E-state index in [9.17, 15) is 9.90 Å². The van der Waals surface area contributed by atoms with E-state index in [1.165, 1.54) is 4.90 Å². The molecule has 9 heteroatoms. The number of carboxylic acid groups (broad SMARTS) is 1. The lowest BCUT2D eigenvalue weighted by molar-refractivity contribution is 0.156. The Bertz CT molecular complexity index is 1090. The summed E-state index contributed by atoms with van der Waals surface area (Å²) >= 11 is 0. The molecule has 2 aromatic heterocycles. The highest BCUT2D eigenvalue weighted by atomic mass is 16.5. The van der Waals surface area contributed by atoms with Gasteiger partial charge in [-0.3, -0.25) is 4.90 Å². The van der Waals surface area contributed by atoms with Gasteiger partial charge in [-0.1, -0.05) is 0 Å². The van der Waals surface area contributed by atoms with Crippen LogP contribution in [0, 0.1) is 13.8 Å². The van der Waals surface area contributed by atoms with Gasteiger partial charge in [-0.25, -0.2) is 14.3 Å². The number of rotatable bonds is 4. The van der Waals surface area contributed by atoms with Gasteiger partial charge in [0.2, 0.25) is 0 Å². The van der Waals surface area contributed by atoms with Crippen molar-refractivity contribution in [1.82, 2.24) is 19.5 Å². The van der Waals surface area contributed by atoms with Gasteiger partial charge in [0.25, 0.3) is 0 Å². The monoisotopic (exact) mass is 397 g/mol. The van der Waals surface area contributed by atoms with Crippen LogP contribution in [-0.4, -0.2) is 64.7 Å². The van der Waals surface area contributed by atoms with E-state index in [4.69, 9.17) is 14.5 Å². The predicted molar refractivity (Wildman–Crippen MR) is 108 cm³/mol. The third kappa shape index (κ3) is 3.18. The number of nitrogens with zero attached hydrogens (tertiary/aromatic N) is 5. The molecule has 0 atom stereocenters. The minimum Gasteiger partial charge on any atom is -0.493 e. The maximum absolute atomic E-state index is 11.3. The zero-order chi connectivity index (χ0) is 20.7. The Balaban J connectivity index is 1.85. The number of carbonyl (C=O) groups is 1. The van der Waals surface area contributed by atoms with E-state index >= 15 is 0 Å². The van der Waals surface area contributed by atoms with Crippen molar-refractivity contribution >= 4 is 17.4 Å². The number of fused-ring (bicyclic) bond motifs is 1. The number of methoxy groups -OCH3 is 2. The molecule has 152 valence electrons. The van der Waals surface area contributed by atoms with E-state index in [1.807, 2.05) is 47.5 Å². The predicted octanol–water partition coefficient (Wildman–Crippen LogP) is 2.79. The number of hydrogen-bond acceptors (Lipinski definition) is 6. The molecule has 0 radical (unpaired) electrons. The number of hydrogen-bond donors (Lipinski definition) is 1. The Morgan fingerprint density at radius 1 is 1.10 bits per heavy atom. The van der Waals surface area contributed by atoms with E-state index in [2.05, 4.69) is 5.10 Å². The summed E-state index contributed by atoms with van der Waals surface area (Å²) in [5, 5.41) is 14.0. The molecule has 1 aliphatic heterocycles. The van der Waals surface area contributed by atoms with Crippen molar-refractivity contribution in [2.24, 2.45) is 0 Å². The summed E-state index contributed by atoms with van der Waals surface area (Å²) in [5.74, 6) is 1.28. The van der Waals surface area contributed by atoms with Crippen LogP contribution >= 0.6 is 0 Å². The topological polar surface area (TPSA) is 92.4 Å². The second-order valence-corrected chi connectivity index (χ2v) is 6.97. The quantitative estimate of drug-likeness (QED) is 0.724. The molecule has 0 bridgehead atoms. The molecule has 3 aromatic rings. The summed E-state index contributed by atoms with van der Waals surface area (Å²) in [4.78, 5) is 19.5. The van der Waals surface area contributed by atoms with Crippen LogP contribution in [0.2, 0.25) is 0 Å². The summed E-state index contributed by atoms with van der Waals surface area (Å²) in [6.45, 7) is 5.25. The van der Waals surface area contributed by atoms with Gasteiger partial charge in [0, 0.05) is 18.7 Å². The molecule has 1 saturated heterocycles. The van der Waals surface area contributed by atoms with Crippen LogP contribution in [0.5, 0.6) is 11.5 Å². The van der Waals surface area contributed by atoms with E-state index in [-0.39, 0.29) is 0 Å². The first-order valence-corrected chi connectivity index (χ1v) is 9.25. The number of benzene rings is 1. The lowest BCUT2D eigenvalue weighted by atomic mass is 10.1. The SMILES string of the molecule is COc1ccc(-c2c(C)nc3c(N4CCN(C(=O)O)C4)cc(C)nn23)cc1OC. The zero-order valence-electron chi connectivity index (χ0n) is 16.8. The molecule has 1 amide bonds. The van der Waals surface area contributed by atoms with Crippen molar-refractivity contribution in [3.05, 3.63) is 35.7 Å². The summed E-state index contributed by atoms with van der Waals surface area (Å²) in [5.41, 5.74) is 4.98. The molecule has 0 aliphatic carbocycles. The van der Waals surface area contributed by atoms with Crippen molar-refractivity contribution in [2.45, 2.75) is 13.8 Å². The van der Waals surface area contributed by atoms with Crippen molar-refractivity contribution < 1.29 is 19.4 Å². The lowest BCUT2D eigenvalue weighted by Gasteiger charge is -2.19. The maximum Gasteiger partial charge on any atom is 0.408 e. The normalized spacial score (nSPS) is 13.9. The minimum atomic E-state index is -0.917. The second kappa shape index (κ2) is 7.16. The molecule has 1 aliphatic rings. The van der Waals surface area contributed by atoms with Gasteiger partial charge in [-0.05, 0) is 38.1 Å². The molecule has 0 unspecified atom stereocenters. The van der Waals surface area contributed by atoms with Gasteiger partial charge in [0.1, 0.15) is 0 Å². The van der Waals surface area contributed by atoms with Gasteiger partial charge < -0.3 is 19.5 Å². The van der Waals surface area contributed by atoms with E-state index in [1.54, 1.807) is 14.2 Å². The lowest BCUT2D eigenvalue weighted by Crippen LogP contribution is -2.29. The van der Waals surface area contributed by atoms with Crippen LogP contribution in [0.1, 0.15) is 11.4 Å². The molecule has 9 nitrogen and oxygen atoms in total. The Hall–Kier alpha value is -3.49. The summed E-state index contributed by atoms with van der Waals surface area (Å²) in [6.07, 6.45) is -0.917. The smallest absolute Gasteiger partial charge is 0.408 e. The van der Waals surface area contributed by atoms with Gasteiger partial charge >= 0.3 is 6.09 Å². The molecule has 3 heterocycles. The molecule has 0 spiro atoms. The first-order valence-electron chi connectivity index (χ1n) is 9.25. The summed E-state index contributed by atoms with van der Waals surface area (Å²) < 4.78 is 12.6. The molecular formula is C20H23N5O4. The highest BCUT2D eigenvalue weighted by Gasteiger charge is 2.27. The summed E-state index contributed by atoms with van der Waals surface area (Å²) in [6, 6.07) is 7.66. The number of aryl methyl sites for hydroxylation is 2. The number of anilines is 1. The van der Waals surface area contributed by atoms with Crippen LogP contribution in [0.4, 0.5) is 10.5 Å².